The normalized spacial score (nSPS) is 15.7. The molecule has 1 aliphatic heterocycles. The van der Waals surface area contributed by atoms with Crippen LogP contribution in [-0.2, 0) is 6.42 Å². The summed E-state index contributed by atoms with van der Waals surface area (Å²) in [7, 11) is 0. The number of carbonyl (C=O) groups excluding carboxylic acids is 1. The van der Waals surface area contributed by atoms with E-state index in [0.717, 1.165) is 37.5 Å². The molecule has 0 aliphatic carbocycles. The van der Waals surface area contributed by atoms with E-state index in [1.165, 1.54) is 5.56 Å². The van der Waals surface area contributed by atoms with Crippen LogP contribution in [0.25, 0.3) is 0 Å². The number of hydrogen-bond acceptors (Lipinski definition) is 1. The fraction of sp³-hybridized carbons (Fsp3) is 0.316. The summed E-state index contributed by atoms with van der Waals surface area (Å²) in [5, 5.41) is 0. The van der Waals surface area contributed by atoms with Gasteiger partial charge in [0.1, 0.15) is 11.6 Å². The molecule has 2 aromatic rings. The summed E-state index contributed by atoms with van der Waals surface area (Å²) in [6.07, 6.45) is 2.84. The van der Waals surface area contributed by atoms with Gasteiger partial charge in [-0.25, -0.2) is 8.78 Å². The van der Waals surface area contributed by atoms with Crippen LogP contribution < -0.4 is 0 Å². The van der Waals surface area contributed by atoms with E-state index in [1.807, 2.05) is 18.2 Å². The predicted molar refractivity (Wildman–Crippen MR) is 85.1 cm³/mol. The molecule has 1 fully saturated rings. The van der Waals surface area contributed by atoms with Crippen LogP contribution >= 0.6 is 0 Å². The monoisotopic (exact) mass is 315 g/mol. The molecule has 1 saturated heterocycles. The third-order valence-corrected chi connectivity index (χ3v) is 4.38. The molecule has 2 aromatic carbocycles. The summed E-state index contributed by atoms with van der Waals surface area (Å²) >= 11 is 0. The SMILES string of the molecule is O=C(c1cc(F)cc(F)c1)N1CCC(Cc2ccccc2)CC1. The minimum absolute atomic E-state index is 0.0870. The van der Waals surface area contributed by atoms with E-state index in [-0.39, 0.29) is 11.5 Å². The third kappa shape index (κ3) is 3.95. The average molecular weight is 315 g/mol. The van der Waals surface area contributed by atoms with Gasteiger partial charge < -0.3 is 4.90 Å². The lowest BCUT2D eigenvalue weighted by Crippen LogP contribution is -2.39. The first-order chi connectivity index (χ1) is 11.1. The Bertz CT molecular complexity index is 659. The largest absolute Gasteiger partial charge is 0.339 e. The highest BCUT2D eigenvalue weighted by atomic mass is 19.1. The van der Waals surface area contributed by atoms with E-state index in [1.54, 1.807) is 4.90 Å². The second-order valence-corrected chi connectivity index (χ2v) is 6.08. The van der Waals surface area contributed by atoms with E-state index in [9.17, 15) is 13.6 Å². The maximum Gasteiger partial charge on any atom is 0.254 e. The third-order valence-electron chi connectivity index (χ3n) is 4.38. The quantitative estimate of drug-likeness (QED) is 0.836. The number of benzene rings is 2. The molecule has 0 N–H and O–H groups in total. The number of piperidine rings is 1. The van der Waals surface area contributed by atoms with Gasteiger partial charge in [0.15, 0.2) is 0 Å². The van der Waals surface area contributed by atoms with Gasteiger partial charge in [0, 0.05) is 24.7 Å². The molecule has 23 heavy (non-hydrogen) atoms. The standard InChI is InChI=1S/C19H19F2NO/c20-17-11-16(12-18(21)13-17)19(23)22-8-6-15(7-9-22)10-14-4-2-1-3-5-14/h1-5,11-13,15H,6-10H2. The highest BCUT2D eigenvalue weighted by Gasteiger charge is 2.24. The number of carbonyl (C=O) groups is 1. The molecule has 3 rings (SSSR count). The van der Waals surface area contributed by atoms with E-state index < -0.39 is 11.6 Å². The van der Waals surface area contributed by atoms with Crippen molar-refractivity contribution in [3.63, 3.8) is 0 Å². The van der Waals surface area contributed by atoms with E-state index >= 15 is 0 Å². The molecule has 0 atom stereocenters. The molecule has 0 radical (unpaired) electrons. The number of likely N-dealkylation sites (tertiary alicyclic amines) is 1. The first-order valence-electron chi connectivity index (χ1n) is 7.91. The number of amides is 1. The summed E-state index contributed by atoms with van der Waals surface area (Å²) in [4.78, 5) is 14.1. The fourth-order valence-corrected chi connectivity index (χ4v) is 3.15. The zero-order chi connectivity index (χ0) is 16.2. The molecule has 0 aromatic heterocycles. The molecule has 0 unspecified atom stereocenters. The first-order valence-corrected chi connectivity index (χ1v) is 7.91. The molecule has 2 nitrogen and oxygen atoms in total. The molecule has 0 spiro atoms. The van der Waals surface area contributed by atoms with Crippen molar-refractivity contribution in [2.24, 2.45) is 5.92 Å². The molecule has 0 bridgehead atoms. The molecule has 1 heterocycles. The summed E-state index contributed by atoms with van der Waals surface area (Å²) in [5.74, 6) is -1.17. The van der Waals surface area contributed by atoms with Crippen molar-refractivity contribution in [3.8, 4) is 0 Å². The van der Waals surface area contributed by atoms with Gasteiger partial charge in [-0.15, -0.1) is 0 Å². The fourth-order valence-electron chi connectivity index (χ4n) is 3.15. The van der Waals surface area contributed by atoms with Crippen LogP contribution in [0.15, 0.2) is 48.5 Å². The van der Waals surface area contributed by atoms with Gasteiger partial charge in [0.05, 0.1) is 0 Å². The summed E-state index contributed by atoms with van der Waals surface area (Å²) in [6, 6.07) is 13.3. The van der Waals surface area contributed by atoms with Gasteiger partial charge in [-0.05, 0) is 42.9 Å². The maximum absolute atomic E-state index is 13.2. The van der Waals surface area contributed by atoms with Crippen molar-refractivity contribution < 1.29 is 13.6 Å². The number of rotatable bonds is 3. The van der Waals surface area contributed by atoms with Gasteiger partial charge in [-0.2, -0.15) is 0 Å². The van der Waals surface area contributed by atoms with Crippen molar-refractivity contribution in [2.75, 3.05) is 13.1 Å². The summed E-state index contributed by atoms with van der Waals surface area (Å²) < 4.78 is 26.5. The van der Waals surface area contributed by atoms with Gasteiger partial charge in [-0.1, -0.05) is 30.3 Å². The van der Waals surface area contributed by atoms with Crippen molar-refractivity contribution in [1.29, 1.82) is 0 Å². The summed E-state index contributed by atoms with van der Waals surface area (Å²) in [5.41, 5.74) is 1.40. The Labute approximate surface area is 134 Å². The zero-order valence-electron chi connectivity index (χ0n) is 12.8. The highest BCUT2D eigenvalue weighted by Crippen LogP contribution is 2.23. The Morgan fingerprint density at radius 2 is 1.61 bits per heavy atom. The Hall–Kier alpha value is -2.23. The second kappa shape index (κ2) is 6.90. The molecular formula is C19H19F2NO. The minimum atomic E-state index is -0.715. The minimum Gasteiger partial charge on any atom is -0.339 e. The maximum atomic E-state index is 13.2. The Morgan fingerprint density at radius 1 is 1.00 bits per heavy atom. The predicted octanol–water partition coefficient (Wildman–Crippen LogP) is 4.06. The number of hydrogen-bond donors (Lipinski definition) is 0. The van der Waals surface area contributed by atoms with Crippen LogP contribution in [0.5, 0.6) is 0 Å². The lowest BCUT2D eigenvalue weighted by molar-refractivity contribution is 0.0689. The van der Waals surface area contributed by atoms with Gasteiger partial charge in [0.2, 0.25) is 0 Å². The second-order valence-electron chi connectivity index (χ2n) is 6.08. The van der Waals surface area contributed by atoms with Crippen molar-refractivity contribution >= 4 is 5.91 Å². The highest BCUT2D eigenvalue weighted by molar-refractivity contribution is 5.94. The molecule has 0 saturated carbocycles. The van der Waals surface area contributed by atoms with Gasteiger partial charge >= 0.3 is 0 Å². The molecule has 1 aliphatic rings. The average Bonchev–Trinajstić information content (AvgIpc) is 2.55. The molecule has 4 heteroatoms. The Morgan fingerprint density at radius 3 is 2.22 bits per heavy atom. The molecule has 120 valence electrons. The van der Waals surface area contributed by atoms with Crippen molar-refractivity contribution in [1.82, 2.24) is 4.90 Å². The van der Waals surface area contributed by atoms with Crippen molar-refractivity contribution in [2.45, 2.75) is 19.3 Å². The van der Waals surface area contributed by atoms with Crippen LogP contribution in [-0.4, -0.2) is 23.9 Å². The van der Waals surface area contributed by atoms with Crippen LogP contribution in [0.1, 0.15) is 28.8 Å². The summed E-state index contributed by atoms with van der Waals surface area (Å²) in [6.45, 7) is 1.27. The first kappa shape index (κ1) is 15.7. The molecule has 1 amide bonds. The number of halogens is 2. The van der Waals surface area contributed by atoms with Crippen LogP contribution in [0, 0.1) is 17.6 Å². The van der Waals surface area contributed by atoms with Crippen LogP contribution in [0.2, 0.25) is 0 Å². The van der Waals surface area contributed by atoms with E-state index in [0.29, 0.717) is 19.0 Å². The van der Waals surface area contributed by atoms with Crippen molar-refractivity contribution in [3.05, 3.63) is 71.3 Å². The number of nitrogens with zero attached hydrogens (tertiary/aromatic N) is 1. The lowest BCUT2D eigenvalue weighted by Gasteiger charge is -2.32. The van der Waals surface area contributed by atoms with Gasteiger partial charge in [0.25, 0.3) is 5.91 Å². The van der Waals surface area contributed by atoms with E-state index in [4.69, 9.17) is 0 Å². The van der Waals surface area contributed by atoms with Crippen LogP contribution in [0.4, 0.5) is 8.78 Å². The van der Waals surface area contributed by atoms with Gasteiger partial charge in [-0.3, -0.25) is 4.79 Å². The molecular weight excluding hydrogens is 296 g/mol. The van der Waals surface area contributed by atoms with E-state index in [2.05, 4.69) is 12.1 Å². The lowest BCUT2D eigenvalue weighted by atomic mass is 9.90. The Balaban J connectivity index is 1.59. The smallest absolute Gasteiger partial charge is 0.254 e. The Kier molecular flexibility index (Phi) is 4.70. The zero-order valence-corrected chi connectivity index (χ0v) is 12.8. The van der Waals surface area contributed by atoms with Crippen LogP contribution in [0.3, 0.4) is 0 Å². The topological polar surface area (TPSA) is 20.3 Å².